The molecule has 0 heterocycles. The van der Waals surface area contributed by atoms with Gasteiger partial charge in [0, 0.05) is 14.2 Å². The third-order valence-corrected chi connectivity index (χ3v) is 2.07. The summed E-state index contributed by atoms with van der Waals surface area (Å²) < 4.78 is 19.1. The number of methoxy groups -OCH3 is 1. The van der Waals surface area contributed by atoms with Gasteiger partial charge in [0.1, 0.15) is 5.76 Å². The van der Waals surface area contributed by atoms with Crippen LogP contribution < -0.4 is 0 Å². The third-order valence-electron chi connectivity index (χ3n) is 1.04. The molecule has 0 aromatic heterocycles. The van der Waals surface area contributed by atoms with E-state index >= 15 is 0 Å². The number of hydrogen-bond acceptors (Lipinski definition) is 5. The number of carbonyl (C=O) groups is 1. The number of ether oxygens (including phenoxy) is 1. The van der Waals surface area contributed by atoms with Gasteiger partial charge in [0.15, 0.2) is 0 Å². The van der Waals surface area contributed by atoms with Crippen molar-refractivity contribution >= 4 is 14.6 Å². The number of rotatable bonds is 5. The molecule has 0 amide bonds. The molecular formula is C7H13O5P. The maximum absolute atomic E-state index is 10.7. The smallest absolute Gasteiger partial charge is 0.396 e. The van der Waals surface area contributed by atoms with E-state index in [4.69, 9.17) is 13.6 Å². The van der Waals surface area contributed by atoms with Gasteiger partial charge in [0.25, 0.3) is 0 Å². The Balaban J connectivity index is 4.03. The van der Waals surface area contributed by atoms with Crippen molar-refractivity contribution in [3.63, 3.8) is 0 Å². The van der Waals surface area contributed by atoms with Crippen molar-refractivity contribution in [2.75, 3.05) is 21.3 Å². The van der Waals surface area contributed by atoms with Gasteiger partial charge in [-0.25, -0.2) is 4.79 Å². The first-order valence-corrected chi connectivity index (χ1v) is 4.56. The van der Waals surface area contributed by atoms with Crippen LogP contribution in [-0.4, -0.2) is 27.3 Å². The van der Waals surface area contributed by atoms with Gasteiger partial charge in [-0.2, -0.15) is 0 Å². The van der Waals surface area contributed by atoms with Crippen LogP contribution in [0.15, 0.2) is 11.8 Å². The first-order valence-electron chi connectivity index (χ1n) is 3.46. The molecule has 5 nitrogen and oxygen atoms in total. The van der Waals surface area contributed by atoms with Crippen LogP contribution >= 0.6 is 8.60 Å². The first-order chi connectivity index (χ1) is 6.13. The minimum Gasteiger partial charge on any atom is -0.466 e. The first kappa shape index (κ1) is 12.4. The maximum Gasteiger partial charge on any atom is 0.396 e. The number of esters is 1. The molecule has 0 aromatic rings. The van der Waals surface area contributed by atoms with Crippen LogP contribution in [0.1, 0.15) is 6.92 Å². The van der Waals surface area contributed by atoms with Gasteiger partial charge in [-0.15, -0.1) is 0 Å². The summed E-state index contributed by atoms with van der Waals surface area (Å²) in [5.41, 5.74) is 0. The van der Waals surface area contributed by atoms with E-state index in [0.29, 0.717) is 5.76 Å². The average Bonchev–Trinajstić information content (AvgIpc) is 2.13. The van der Waals surface area contributed by atoms with Crippen LogP contribution in [0.2, 0.25) is 0 Å². The lowest BCUT2D eigenvalue weighted by molar-refractivity contribution is -0.135. The molecule has 0 bridgehead atoms. The SMILES string of the molecule is COC(=O)/C=C(\C)OP(OC)OC. The van der Waals surface area contributed by atoms with Crippen molar-refractivity contribution in [2.24, 2.45) is 0 Å². The van der Waals surface area contributed by atoms with E-state index in [1.54, 1.807) is 6.92 Å². The number of hydrogen-bond donors (Lipinski definition) is 0. The highest BCUT2D eigenvalue weighted by Crippen LogP contribution is 2.39. The van der Waals surface area contributed by atoms with Gasteiger partial charge < -0.3 is 18.3 Å². The quantitative estimate of drug-likeness (QED) is 0.297. The standard InChI is InChI=1S/C7H13O5P/c1-6(5-7(8)9-2)12-13(10-3)11-4/h5H,1-4H3/b6-5+. The molecule has 0 radical (unpaired) electrons. The summed E-state index contributed by atoms with van der Waals surface area (Å²) in [5.74, 6) is -0.0821. The molecule has 0 aromatic carbocycles. The molecule has 0 aliphatic carbocycles. The molecule has 0 atom stereocenters. The van der Waals surface area contributed by atoms with Crippen molar-refractivity contribution in [3.8, 4) is 0 Å². The Labute approximate surface area is 78.6 Å². The molecule has 0 rings (SSSR count). The van der Waals surface area contributed by atoms with Crippen LogP contribution in [0, 0.1) is 0 Å². The average molecular weight is 208 g/mol. The largest absolute Gasteiger partial charge is 0.466 e. The minimum absolute atomic E-state index is 0.390. The van der Waals surface area contributed by atoms with E-state index in [0.717, 1.165) is 0 Å². The summed E-state index contributed by atoms with van der Waals surface area (Å²) in [4.78, 5) is 10.7. The second kappa shape index (κ2) is 6.83. The fourth-order valence-electron chi connectivity index (χ4n) is 0.518. The van der Waals surface area contributed by atoms with Gasteiger partial charge in [-0.1, -0.05) is 0 Å². The Morgan fingerprint density at radius 3 is 2.15 bits per heavy atom. The maximum atomic E-state index is 10.7. The highest BCUT2D eigenvalue weighted by molar-refractivity contribution is 7.41. The van der Waals surface area contributed by atoms with Crippen molar-refractivity contribution in [1.82, 2.24) is 0 Å². The van der Waals surface area contributed by atoms with Crippen LogP contribution in [0.3, 0.4) is 0 Å². The normalized spacial score (nSPS) is 11.6. The van der Waals surface area contributed by atoms with E-state index in [1.165, 1.54) is 27.4 Å². The molecule has 0 saturated heterocycles. The zero-order chi connectivity index (χ0) is 10.3. The molecule has 0 aliphatic heterocycles. The molecule has 76 valence electrons. The molecule has 0 aliphatic rings. The van der Waals surface area contributed by atoms with E-state index in [1.807, 2.05) is 0 Å². The van der Waals surface area contributed by atoms with Crippen molar-refractivity contribution in [2.45, 2.75) is 6.92 Å². The third kappa shape index (κ3) is 5.58. The summed E-state index contributed by atoms with van der Waals surface area (Å²) in [5, 5.41) is 0. The monoisotopic (exact) mass is 208 g/mol. The predicted molar refractivity (Wildman–Crippen MR) is 47.8 cm³/mol. The second-order valence-corrected chi connectivity index (χ2v) is 3.32. The van der Waals surface area contributed by atoms with Crippen molar-refractivity contribution < 1.29 is 23.1 Å². The fourth-order valence-corrected chi connectivity index (χ4v) is 1.10. The summed E-state index contributed by atoms with van der Waals surface area (Å²) >= 11 is 0. The van der Waals surface area contributed by atoms with Gasteiger partial charge in [-0.05, 0) is 6.92 Å². The minimum atomic E-state index is -1.41. The van der Waals surface area contributed by atoms with Crippen molar-refractivity contribution in [3.05, 3.63) is 11.8 Å². The topological polar surface area (TPSA) is 54.0 Å². The van der Waals surface area contributed by atoms with Crippen molar-refractivity contribution in [1.29, 1.82) is 0 Å². The summed E-state index contributed by atoms with van der Waals surface area (Å²) in [6, 6.07) is 0. The lowest BCUT2D eigenvalue weighted by Crippen LogP contribution is -1.97. The molecular weight excluding hydrogens is 195 g/mol. The number of carbonyl (C=O) groups excluding carboxylic acids is 1. The molecule has 0 N–H and O–H groups in total. The number of allylic oxidation sites excluding steroid dienone is 1. The van der Waals surface area contributed by atoms with Crippen LogP contribution in [0.4, 0.5) is 0 Å². The van der Waals surface area contributed by atoms with Gasteiger partial charge in [-0.3, -0.25) is 0 Å². The fraction of sp³-hybridized carbons (Fsp3) is 0.571. The molecule has 13 heavy (non-hydrogen) atoms. The highest BCUT2D eigenvalue weighted by Gasteiger charge is 2.09. The molecule has 0 fully saturated rings. The van der Waals surface area contributed by atoms with Crippen LogP contribution in [-0.2, 0) is 23.1 Å². The van der Waals surface area contributed by atoms with Gasteiger partial charge in [0.05, 0.1) is 13.2 Å². The molecule has 0 spiro atoms. The van der Waals surface area contributed by atoms with Gasteiger partial charge in [0.2, 0.25) is 0 Å². The van der Waals surface area contributed by atoms with Gasteiger partial charge >= 0.3 is 14.6 Å². The van der Waals surface area contributed by atoms with E-state index in [2.05, 4.69) is 4.74 Å². The molecule has 6 heteroatoms. The Bertz CT molecular complexity index is 187. The lowest BCUT2D eigenvalue weighted by atomic mass is 10.5. The summed E-state index contributed by atoms with van der Waals surface area (Å²) in [6.45, 7) is 1.62. The lowest BCUT2D eigenvalue weighted by Gasteiger charge is -2.12. The van der Waals surface area contributed by atoms with E-state index in [-0.39, 0.29) is 0 Å². The predicted octanol–water partition coefficient (Wildman–Crippen LogP) is 1.60. The summed E-state index contributed by atoms with van der Waals surface area (Å²) in [6.07, 6.45) is 1.22. The van der Waals surface area contributed by atoms with E-state index < -0.39 is 14.6 Å². The Morgan fingerprint density at radius 1 is 1.23 bits per heavy atom. The van der Waals surface area contributed by atoms with Crippen LogP contribution in [0.25, 0.3) is 0 Å². The molecule has 0 unspecified atom stereocenters. The second-order valence-electron chi connectivity index (χ2n) is 1.96. The zero-order valence-electron chi connectivity index (χ0n) is 8.07. The van der Waals surface area contributed by atoms with Crippen LogP contribution in [0.5, 0.6) is 0 Å². The highest BCUT2D eigenvalue weighted by atomic mass is 31.2. The van der Waals surface area contributed by atoms with E-state index in [9.17, 15) is 4.79 Å². The Hall–Kier alpha value is -0.640. The zero-order valence-corrected chi connectivity index (χ0v) is 8.96. The Kier molecular flexibility index (Phi) is 6.49. The molecule has 0 saturated carbocycles. The summed E-state index contributed by atoms with van der Waals surface area (Å²) in [7, 11) is 2.80. The Morgan fingerprint density at radius 2 is 1.77 bits per heavy atom.